The monoisotopic (exact) mass is 249 g/mol. The van der Waals surface area contributed by atoms with Crippen molar-refractivity contribution < 1.29 is 9.34 Å². The number of furan rings is 1. The maximum atomic E-state index is 10.9. The Hall–Kier alpha value is -2.56. The second kappa shape index (κ2) is 4.28. The summed E-state index contributed by atoms with van der Waals surface area (Å²) in [5, 5.41) is 11.6. The summed E-state index contributed by atoms with van der Waals surface area (Å²) in [6.07, 6.45) is 0. The van der Waals surface area contributed by atoms with Gasteiger partial charge in [-0.25, -0.2) is 0 Å². The van der Waals surface area contributed by atoms with Crippen molar-refractivity contribution in [2.24, 2.45) is 0 Å². The molecule has 1 heterocycles. The van der Waals surface area contributed by atoms with Crippen LogP contribution in [0, 0.1) is 10.1 Å². The van der Waals surface area contributed by atoms with E-state index in [1.807, 2.05) is 12.1 Å². The van der Waals surface area contributed by atoms with Crippen molar-refractivity contribution in [2.45, 2.75) is 0 Å². The van der Waals surface area contributed by atoms with E-state index >= 15 is 0 Å². The topological polar surface area (TPSA) is 56.3 Å². The van der Waals surface area contributed by atoms with Gasteiger partial charge in [0.05, 0.1) is 4.92 Å². The van der Waals surface area contributed by atoms with Crippen molar-refractivity contribution in [3.8, 4) is 11.3 Å². The molecular weight excluding hydrogens is 241 g/mol. The van der Waals surface area contributed by atoms with Crippen molar-refractivity contribution in [3.05, 3.63) is 58.6 Å². The maximum Gasteiger partial charge on any atom is 0.312 e. The summed E-state index contributed by atoms with van der Waals surface area (Å²) < 4.78 is 5.60. The molecule has 2 aromatic carbocycles. The molecule has 0 aliphatic carbocycles. The summed E-state index contributed by atoms with van der Waals surface area (Å²) in [7, 11) is 5.62. The number of nitro groups is 1. The first-order valence-electron chi connectivity index (χ1n) is 5.68. The van der Waals surface area contributed by atoms with Gasteiger partial charge in [0.25, 0.3) is 0 Å². The van der Waals surface area contributed by atoms with Gasteiger partial charge >= 0.3 is 5.69 Å². The van der Waals surface area contributed by atoms with Crippen LogP contribution in [0.3, 0.4) is 0 Å². The van der Waals surface area contributed by atoms with Crippen LogP contribution in [-0.4, -0.2) is 12.8 Å². The van der Waals surface area contributed by atoms with Crippen LogP contribution in [0.25, 0.3) is 22.3 Å². The zero-order chi connectivity index (χ0) is 13.4. The number of non-ortho nitro benzene ring substituents is 1. The van der Waals surface area contributed by atoms with Gasteiger partial charge in [-0.3, -0.25) is 10.1 Å². The normalized spacial score (nSPS) is 10.7. The SMILES string of the molecule is [B]c1ccc(-c2cc3cccc([N+](=O)[O-])c3o2)cc1. The lowest BCUT2D eigenvalue weighted by atomic mass is 9.95. The number of hydrogen-bond acceptors (Lipinski definition) is 3. The number of rotatable bonds is 2. The third kappa shape index (κ3) is 1.99. The van der Waals surface area contributed by atoms with Gasteiger partial charge in [0.1, 0.15) is 13.6 Å². The summed E-state index contributed by atoms with van der Waals surface area (Å²) in [5.74, 6) is 0.587. The molecule has 0 atom stereocenters. The van der Waals surface area contributed by atoms with E-state index in [0.29, 0.717) is 22.2 Å². The molecule has 2 radical (unpaired) electrons. The quantitative estimate of drug-likeness (QED) is 0.398. The van der Waals surface area contributed by atoms with E-state index in [1.54, 1.807) is 30.3 Å². The minimum absolute atomic E-state index is 0.0285. The second-order valence-electron chi connectivity index (χ2n) is 4.19. The van der Waals surface area contributed by atoms with Gasteiger partial charge in [-0.2, -0.15) is 0 Å². The van der Waals surface area contributed by atoms with Crippen molar-refractivity contribution in [1.82, 2.24) is 0 Å². The van der Waals surface area contributed by atoms with E-state index in [4.69, 9.17) is 12.3 Å². The van der Waals surface area contributed by atoms with E-state index in [-0.39, 0.29) is 5.69 Å². The molecule has 0 saturated carbocycles. The Labute approximate surface area is 110 Å². The second-order valence-corrected chi connectivity index (χ2v) is 4.19. The van der Waals surface area contributed by atoms with Gasteiger partial charge < -0.3 is 4.42 Å². The molecule has 19 heavy (non-hydrogen) atoms. The van der Waals surface area contributed by atoms with Crippen molar-refractivity contribution in [3.63, 3.8) is 0 Å². The Morgan fingerprint density at radius 3 is 2.53 bits per heavy atom. The number of nitrogens with zero attached hydrogens (tertiary/aromatic N) is 1. The number of nitro benzene ring substituents is 1. The van der Waals surface area contributed by atoms with Crippen molar-refractivity contribution >= 4 is 30.0 Å². The lowest BCUT2D eigenvalue weighted by Gasteiger charge is -1.97. The van der Waals surface area contributed by atoms with E-state index in [0.717, 1.165) is 5.56 Å². The fourth-order valence-electron chi connectivity index (χ4n) is 1.98. The first kappa shape index (κ1) is 11.5. The van der Waals surface area contributed by atoms with Crippen molar-refractivity contribution in [2.75, 3.05) is 0 Å². The molecule has 3 aromatic rings. The average molecular weight is 249 g/mol. The number of benzene rings is 2. The van der Waals surface area contributed by atoms with Crippen LogP contribution in [0.1, 0.15) is 0 Å². The van der Waals surface area contributed by atoms with Crippen LogP contribution in [0.15, 0.2) is 52.9 Å². The van der Waals surface area contributed by atoms with E-state index in [9.17, 15) is 10.1 Å². The summed E-state index contributed by atoms with van der Waals surface area (Å²) in [5.41, 5.74) is 1.75. The third-order valence-corrected chi connectivity index (χ3v) is 2.92. The highest BCUT2D eigenvalue weighted by molar-refractivity contribution is 6.32. The summed E-state index contributed by atoms with van der Waals surface area (Å²) in [6.45, 7) is 0. The van der Waals surface area contributed by atoms with Gasteiger partial charge in [-0.1, -0.05) is 41.9 Å². The summed E-state index contributed by atoms with van der Waals surface area (Å²) >= 11 is 0. The molecule has 1 aromatic heterocycles. The molecule has 3 rings (SSSR count). The molecule has 4 nitrogen and oxygen atoms in total. The summed E-state index contributed by atoms with van der Waals surface area (Å²) in [6, 6.07) is 13.8. The molecule has 0 aliphatic heterocycles. The first-order chi connectivity index (χ1) is 9.15. The van der Waals surface area contributed by atoms with E-state index in [2.05, 4.69) is 0 Å². The Bertz CT molecular complexity index is 762. The lowest BCUT2D eigenvalue weighted by molar-refractivity contribution is -0.383. The van der Waals surface area contributed by atoms with Gasteiger partial charge in [0.15, 0.2) is 0 Å². The zero-order valence-corrected chi connectivity index (χ0v) is 9.87. The predicted molar refractivity (Wildman–Crippen MR) is 73.7 cm³/mol. The van der Waals surface area contributed by atoms with Crippen LogP contribution in [0.5, 0.6) is 0 Å². The molecule has 0 spiro atoms. The molecule has 0 fully saturated rings. The minimum atomic E-state index is -0.446. The molecule has 0 bridgehead atoms. The molecule has 0 N–H and O–H groups in total. The number of fused-ring (bicyclic) bond motifs is 1. The highest BCUT2D eigenvalue weighted by Crippen LogP contribution is 2.32. The minimum Gasteiger partial charge on any atom is -0.449 e. The van der Waals surface area contributed by atoms with Gasteiger partial charge in [-0.05, 0) is 6.07 Å². The predicted octanol–water partition coefficient (Wildman–Crippen LogP) is 2.80. The molecule has 5 heteroatoms. The Balaban J connectivity index is 2.19. The molecule has 0 saturated heterocycles. The largest absolute Gasteiger partial charge is 0.449 e. The Morgan fingerprint density at radius 1 is 1.11 bits per heavy atom. The van der Waals surface area contributed by atoms with Crippen LogP contribution in [-0.2, 0) is 0 Å². The zero-order valence-electron chi connectivity index (χ0n) is 9.87. The van der Waals surface area contributed by atoms with E-state index < -0.39 is 4.92 Å². The molecule has 0 aliphatic rings. The summed E-state index contributed by atoms with van der Waals surface area (Å²) in [4.78, 5) is 10.5. The number of hydrogen-bond donors (Lipinski definition) is 0. The fourth-order valence-corrected chi connectivity index (χ4v) is 1.98. The standard InChI is InChI=1S/C14H8BNO3/c15-11-6-4-9(5-7-11)13-8-10-2-1-3-12(16(17)18)14(10)19-13/h1-8H. The van der Waals surface area contributed by atoms with Gasteiger partial charge in [0, 0.05) is 17.0 Å². The van der Waals surface area contributed by atoms with Crippen LogP contribution < -0.4 is 5.46 Å². The van der Waals surface area contributed by atoms with E-state index in [1.165, 1.54) is 6.07 Å². The molecular formula is C14H8BNO3. The molecule has 90 valence electrons. The highest BCUT2D eigenvalue weighted by atomic mass is 16.6. The van der Waals surface area contributed by atoms with Crippen molar-refractivity contribution in [1.29, 1.82) is 0 Å². The van der Waals surface area contributed by atoms with Crippen LogP contribution in [0.2, 0.25) is 0 Å². The molecule has 0 unspecified atom stereocenters. The van der Waals surface area contributed by atoms with Crippen LogP contribution >= 0.6 is 0 Å². The fraction of sp³-hybridized carbons (Fsp3) is 0. The van der Waals surface area contributed by atoms with Gasteiger partial charge in [-0.15, -0.1) is 0 Å². The van der Waals surface area contributed by atoms with Gasteiger partial charge in [0.2, 0.25) is 5.58 Å². The highest BCUT2D eigenvalue weighted by Gasteiger charge is 2.16. The third-order valence-electron chi connectivity index (χ3n) is 2.92. The Kier molecular flexibility index (Phi) is 2.60. The van der Waals surface area contributed by atoms with Crippen LogP contribution in [0.4, 0.5) is 5.69 Å². The number of para-hydroxylation sites is 1. The first-order valence-corrected chi connectivity index (χ1v) is 5.68. The maximum absolute atomic E-state index is 10.9. The Morgan fingerprint density at radius 2 is 1.84 bits per heavy atom. The lowest BCUT2D eigenvalue weighted by Crippen LogP contribution is -1.98. The molecule has 0 amide bonds. The average Bonchev–Trinajstić information content (AvgIpc) is 2.82. The smallest absolute Gasteiger partial charge is 0.312 e.